The van der Waals surface area contributed by atoms with Crippen LogP contribution in [0.15, 0.2) is 60.8 Å². The van der Waals surface area contributed by atoms with Crippen LogP contribution in [-0.4, -0.2) is 35.5 Å². The van der Waals surface area contributed by atoms with E-state index in [0.29, 0.717) is 6.04 Å². The molecule has 1 N–H and O–H groups in total. The van der Waals surface area contributed by atoms with E-state index in [-0.39, 0.29) is 5.97 Å². The molecule has 1 aliphatic heterocycles. The van der Waals surface area contributed by atoms with Crippen LogP contribution in [0.4, 0.5) is 0 Å². The maximum absolute atomic E-state index is 11.2. The summed E-state index contributed by atoms with van der Waals surface area (Å²) in [6.45, 7) is 2.12. The maximum Gasteiger partial charge on any atom is 0.330 e. The quantitative estimate of drug-likeness (QED) is 0.508. The Hall–Kier alpha value is -2.85. The molecule has 4 nitrogen and oxygen atoms in total. The van der Waals surface area contributed by atoms with Gasteiger partial charge in [-0.05, 0) is 54.6 Å². The number of hydrogen-bond acceptors (Lipinski definition) is 3. The molecule has 0 amide bonds. The van der Waals surface area contributed by atoms with E-state index < -0.39 is 0 Å². The van der Waals surface area contributed by atoms with E-state index in [1.54, 1.807) is 6.08 Å². The van der Waals surface area contributed by atoms with Gasteiger partial charge in [-0.1, -0.05) is 42.5 Å². The van der Waals surface area contributed by atoms with Crippen LogP contribution in [0.5, 0.6) is 0 Å². The summed E-state index contributed by atoms with van der Waals surface area (Å²) >= 11 is 0. The molecular weight excluding hydrogens is 348 g/mol. The monoisotopic (exact) mass is 374 g/mol. The minimum atomic E-state index is -0.332. The predicted molar refractivity (Wildman–Crippen MR) is 113 cm³/mol. The average molecular weight is 374 g/mol. The zero-order chi connectivity index (χ0) is 19.3. The van der Waals surface area contributed by atoms with Crippen LogP contribution in [0, 0.1) is 0 Å². The highest BCUT2D eigenvalue weighted by Crippen LogP contribution is 2.27. The Kier molecular flexibility index (Phi) is 5.58. The van der Waals surface area contributed by atoms with Gasteiger partial charge in [0, 0.05) is 35.8 Å². The number of H-pyrrole nitrogens is 1. The Balaban J connectivity index is 1.41. The van der Waals surface area contributed by atoms with E-state index in [2.05, 4.69) is 69.3 Å². The first-order valence-electron chi connectivity index (χ1n) is 9.87. The highest BCUT2D eigenvalue weighted by molar-refractivity contribution is 5.86. The van der Waals surface area contributed by atoms with Crippen LogP contribution in [-0.2, 0) is 22.5 Å². The highest BCUT2D eigenvalue weighted by atomic mass is 16.5. The van der Waals surface area contributed by atoms with E-state index in [1.165, 1.54) is 48.1 Å². The number of benzene rings is 2. The number of rotatable bonds is 6. The van der Waals surface area contributed by atoms with Gasteiger partial charge < -0.3 is 9.72 Å². The number of carbonyl (C=O) groups excluding carboxylic acids is 1. The molecule has 1 fully saturated rings. The van der Waals surface area contributed by atoms with Crippen molar-refractivity contribution in [2.24, 2.45) is 0 Å². The highest BCUT2D eigenvalue weighted by Gasteiger charge is 2.25. The van der Waals surface area contributed by atoms with Gasteiger partial charge in [-0.25, -0.2) is 4.79 Å². The van der Waals surface area contributed by atoms with Crippen molar-refractivity contribution in [2.75, 3.05) is 13.7 Å². The summed E-state index contributed by atoms with van der Waals surface area (Å²) in [6, 6.07) is 17.5. The largest absolute Gasteiger partial charge is 0.466 e. The van der Waals surface area contributed by atoms with E-state index >= 15 is 0 Å². The second-order valence-corrected chi connectivity index (χ2v) is 7.43. The molecule has 0 spiro atoms. The van der Waals surface area contributed by atoms with Gasteiger partial charge in [-0.2, -0.15) is 0 Å². The van der Waals surface area contributed by atoms with Crippen molar-refractivity contribution in [2.45, 2.75) is 31.8 Å². The van der Waals surface area contributed by atoms with Crippen molar-refractivity contribution in [1.29, 1.82) is 0 Å². The van der Waals surface area contributed by atoms with Crippen molar-refractivity contribution >= 4 is 22.9 Å². The van der Waals surface area contributed by atoms with E-state index in [4.69, 9.17) is 0 Å². The molecule has 4 rings (SSSR count). The third-order valence-corrected chi connectivity index (χ3v) is 5.61. The minimum Gasteiger partial charge on any atom is -0.466 e. The minimum absolute atomic E-state index is 0.332. The number of methoxy groups -OCH3 is 1. The van der Waals surface area contributed by atoms with E-state index in [1.807, 2.05) is 0 Å². The zero-order valence-corrected chi connectivity index (χ0v) is 16.2. The predicted octanol–water partition coefficient (Wildman–Crippen LogP) is 4.56. The molecule has 0 saturated carbocycles. The third kappa shape index (κ3) is 4.18. The lowest BCUT2D eigenvalue weighted by Gasteiger charge is -2.24. The SMILES string of the molecule is COC(=O)/C=C/c1ccc(CN2CCC[C@H]2Cc2c[nH]c3ccccc23)cc1. The number of esters is 1. The van der Waals surface area contributed by atoms with E-state index in [0.717, 1.165) is 25.1 Å². The smallest absolute Gasteiger partial charge is 0.330 e. The number of ether oxygens (including phenoxy) is 1. The van der Waals surface area contributed by atoms with Gasteiger partial charge in [-0.15, -0.1) is 0 Å². The number of likely N-dealkylation sites (tertiary alicyclic amines) is 1. The van der Waals surface area contributed by atoms with Crippen molar-refractivity contribution in [3.8, 4) is 0 Å². The topological polar surface area (TPSA) is 45.3 Å². The summed E-state index contributed by atoms with van der Waals surface area (Å²) in [4.78, 5) is 17.2. The lowest BCUT2D eigenvalue weighted by Crippen LogP contribution is -2.30. The Bertz CT molecular complexity index is 972. The molecule has 0 radical (unpaired) electrons. The first-order chi connectivity index (χ1) is 13.7. The van der Waals surface area contributed by atoms with Crippen molar-refractivity contribution in [3.63, 3.8) is 0 Å². The molecule has 3 aromatic rings. The lowest BCUT2D eigenvalue weighted by molar-refractivity contribution is -0.134. The summed E-state index contributed by atoms with van der Waals surface area (Å²) < 4.78 is 4.63. The number of hydrogen-bond donors (Lipinski definition) is 1. The fourth-order valence-corrected chi connectivity index (χ4v) is 4.09. The zero-order valence-electron chi connectivity index (χ0n) is 16.2. The summed E-state index contributed by atoms with van der Waals surface area (Å²) in [7, 11) is 1.39. The molecule has 1 atom stereocenters. The van der Waals surface area contributed by atoms with Gasteiger partial charge in [0.2, 0.25) is 0 Å². The Morgan fingerprint density at radius 1 is 1.21 bits per heavy atom. The fraction of sp³-hybridized carbons (Fsp3) is 0.292. The van der Waals surface area contributed by atoms with Crippen LogP contribution in [0.3, 0.4) is 0 Å². The molecule has 1 aromatic heterocycles. The van der Waals surface area contributed by atoms with Gasteiger partial charge in [0.1, 0.15) is 0 Å². The molecule has 1 aliphatic rings. The molecule has 4 heteroatoms. The number of fused-ring (bicyclic) bond motifs is 1. The fourth-order valence-electron chi connectivity index (χ4n) is 4.09. The molecule has 28 heavy (non-hydrogen) atoms. The second-order valence-electron chi connectivity index (χ2n) is 7.43. The first-order valence-corrected chi connectivity index (χ1v) is 9.87. The van der Waals surface area contributed by atoms with Crippen LogP contribution in [0.25, 0.3) is 17.0 Å². The molecule has 0 bridgehead atoms. The molecule has 0 unspecified atom stereocenters. The Morgan fingerprint density at radius 3 is 2.86 bits per heavy atom. The Morgan fingerprint density at radius 2 is 2.04 bits per heavy atom. The molecule has 144 valence electrons. The number of nitrogens with zero attached hydrogens (tertiary/aromatic N) is 1. The number of nitrogens with one attached hydrogen (secondary N) is 1. The molecule has 0 aliphatic carbocycles. The third-order valence-electron chi connectivity index (χ3n) is 5.61. The van der Waals surface area contributed by atoms with Gasteiger partial charge in [-0.3, -0.25) is 4.90 Å². The van der Waals surface area contributed by atoms with Crippen molar-refractivity contribution in [3.05, 3.63) is 77.5 Å². The number of para-hydroxylation sites is 1. The summed E-state index contributed by atoms with van der Waals surface area (Å²) in [5.74, 6) is -0.332. The van der Waals surface area contributed by atoms with Crippen LogP contribution >= 0.6 is 0 Å². The summed E-state index contributed by atoms with van der Waals surface area (Å²) in [5.41, 5.74) is 4.94. The van der Waals surface area contributed by atoms with Gasteiger partial charge in [0.15, 0.2) is 0 Å². The second kappa shape index (κ2) is 8.44. The molecule has 2 heterocycles. The average Bonchev–Trinajstić information content (AvgIpc) is 3.35. The molecular formula is C24H26N2O2. The Labute approximate surface area is 165 Å². The number of aromatic nitrogens is 1. The van der Waals surface area contributed by atoms with E-state index in [9.17, 15) is 4.79 Å². The van der Waals surface area contributed by atoms with Crippen LogP contribution in [0.1, 0.15) is 29.5 Å². The number of carbonyl (C=O) groups is 1. The standard InChI is InChI=1S/C24H26N2O2/c1-28-24(27)13-12-18-8-10-19(11-9-18)17-26-14-4-5-21(26)15-20-16-25-23-7-3-2-6-22(20)23/h2-3,6-13,16,21,25H,4-5,14-15,17H2,1H3/b13-12+/t21-/m0/s1. The summed E-state index contributed by atoms with van der Waals surface area (Å²) in [5, 5.41) is 1.34. The maximum atomic E-state index is 11.2. The lowest BCUT2D eigenvalue weighted by atomic mass is 10.0. The van der Waals surface area contributed by atoms with Crippen LogP contribution in [0.2, 0.25) is 0 Å². The van der Waals surface area contributed by atoms with Gasteiger partial charge in [0.05, 0.1) is 7.11 Å². The van der Waals surface area contributed by atoms with Crippen molar-refractivity contribution < 1.29 is 9.53 Å². The van der Waals surface area contributed by atoms with Crippen LogP contribution < -0.4 is 0 Å². The molecule has 1 saturated heterocycles. The van der Waals surface area contributed by atoms with Crippen molar-refractivity contribution in [1.82, 2.24) is 9.88 Å². The van der Waals surface area contributed by atoms with Gasteiger partial charge in [0.25, 0.3) is 0 Å². The van der Waals surface area contributed by atoms with Gasteiger partial charge >= 0.3 is 5.97 Å². The number of aromatic amines is 1. The normalized spacial score (nSPS) is 17.5. The molecule has 2 aromatic carbocycles. The first kappa shape index (κ1) is 18.5. The summed E-state index contributed by atoms with van der Waals surface area (Å²) in [6.07, 6.45) is 9.00.